The van der Waals surface area contributed by atoms with Crippen molar-refractivity contribution in [1.82, 2.24) is 15.4 Å². The van der Waals surface area contributed by atoms with Crippen LogP contribution in [0.1, 0.15) is 13.3 Å². The van der Waals surface area contributed by atoms with Crippen LogP contribution in [0.2, 0.25) is 0 Å². The number of sulfonamides is 1. The van der Waals surface area contributed by atoms with Gasteiger partial charge in [-0.15, -0.1) is 0 Å². The Balaban J connectivity index is 2.28. The maximum atomic E-state index is 11.9. The van der Waals surface area contributed by atoms with E-state index in [-0.39, 0.29) is 23.8 Å². The van der Waals surface area contributed by atoms with E-state index in [9.17, 15) is 13.2 Å². The van der Waals surface area contributed by atoms with Gasteiger partial charge in [-0.2, -0.15) is 0 Å². The quantitative estimate of drug-likeness (QED) is 0.564. The first-order valence-corrected chi connectivity index (χ1v) is 8.06. The Morgan fingerprint density at radius 3 is 2.45 bits per heavy atom. The van der Waals surface area contributed by atoms with Crippen LogP contribution in [-0.2, 0) is 14.8 Å². The van der Waals surface area contributed by atoms with Crippen LogP contribution < -0.4 is 15.4 Å². The molecule has 7 heteroatoms. The maximum Gasteiger partial charge on any atom is 0.240 e. The summed E-state index contributed by atoms with van der Waals surface area (Å²) in [6.07, 6.45) is 0.123. The smallest absolute Gasteiger partial charge is 0.240 e. The summed E-state index contributed by atoms with van der Waals surface area (Å²) in [5.41, 5.74) is 0. The third-order valence-corrected chi connectivity index (χ3v) is 4.05. The molecule has 20 heavy (non-hydrogen) atoms. The van der Waals surface area contributed by atoms with Gasteiger partial charge in [0, 0.05) is 26.1 Å². The van der Waals surface area contributed by atoms with Crippen molar-refractivity contribution in [3.63, 3.8) is 0 Å². The van der Waals surface area contributed by atoms with Crippen LogP contribution in [0.3, 0.4) is 0 Å². The minimum atomic E-state index is -3.53. The predicted octanol–water partition coefficient (Wildman–Crippen LogP) is 0.0807. The van der Waals surface area contributed by atoms with Gasteiger partial charge in [-0.25, -0.2) is 13.1 Å². The van der Waals surface area contributed by atoms with E-state index in [0.29, 0.717) is 13.1 Å². The molecule has 1 rings (SSSR count). The molecule has 0 aliphatic carbocycles. The third-order valence-electron chi connectivity index (χ3n) is 2.57. The molecule has 0 unspecified atom stereocenters. The molecule has 0 radical (unpaired) electrons. The van der Waals surface area contributed by atoms with Gasteiger partial charge in [0.1, 0.15) is 0 Å². The molecule has 0 spiro atoms. The SMILES string of the molecule is CCNCCNC(=O)CCNS(=O)(=O)c1ccccc1. The molecule has 0 saturated heterocycles. The summed E-state index contributed by atoms with van der Waals surface area (Å²) >= 11 is 0. The Bertz CT molecular complexity index is 503. The van der Waals surface area contributed by atoms with Gasteiger partial charge in [0.2, 0.25) is 15.9 Å². The van der Waals surface area contributed by atoms with Crippen molar-refractivity contribution in [3.05, 3.63) is 30.3 Å². The highest BCUT2D eigenvalue weighted by molar-refractivity contribution is 7.89. The molecule has 0 heterocycles. The van der Waals surface area contributed by atoms with Crippen LogP contribution in [0.4, 0.5) is 0 Å². The number of carbonyl (C=O) groups excluding carboxylic acids is 1. The maximum absolute atomic E-state index is 11.9. The molecule has 1 amide bonds. The molecule has 112 valence electrons. The molecule has 0 atom stereocenters. The van der Waals surface area contributed by atoms with Gasteiger partial charge in [0.15, 0.2) is 0 Å². The normalized spacial score (nSPS) is 11.2. The summed E-state index contributed by atoms with van der Waals surface area (Å²) in [5, 5.41) is 5.79. The van der Waals surface area contributed by atoms with Crippen molar-refractivity contribution >= 4 is 15.9 Å². The second-order valence-corrected chi connectivity index (χ2v) is 5.93. The second-order valence-electron chi connectivity index (χ2n) is 4.16. The summed E-state index contributed by atoms with van der Waals surface area (Å²) in [6, 6.07) is 8.08. The van der Waals surface area contributed by atoms with Crippen molar-refractivity contribution < 1.29 is 13.2 Å². The van der Waals surface area contributed by atoms with E-state index in [1.54, 1.807) is 18.2 Å². The van der Waals surface area contributed by atoms with Crippen molar-refractivity contribution in [2.24, 2.45) is 0 Å². The van der Waals surface area contributed by atoms with Crippen molar-refractivity contribution in [2.75, 3.05) is 26.2 Å². The summed E-state index contributed by atoms with van der Waals surface area (Å²) in [6.45, 7) is 4.17. The van der Waals surface area contributed by atoms with Crippen LogP contribution in [0, 0.1) is 0 Å². The zero-order chi connectivity index (χ0) is 14.8. The highest BCUT2D eigenvalue weighted by Crippen LogP contribution is 2.06. The molecular formula is C13H21N3O3S. The van der Waals surface area contributed by atoms with Crippen LogP contribution in [-0.4, -0.2) is 40.5 Å². The lowest BCUT2D eigenvalue weighted by atomic mass is 10.4. The van der Waals surface area contributed by atoms with Crippen molar-refractivity contribution in [3.8, 4) is 0 Å². The Hall–Kier alpha value is -1.44. The lowest BCUT2D eigenvalue weighted by Crippen LogP contribution is -2.34. The molecule has 1 aromatic carbocycles. The largest absolute Gasteiger partial charge is 0.355 e. The summed E-state index contributed by atoms with van der Waals surface area (Å²) in [7, 11) is -3.53. The first-order valence-electron chi connectivity index (χ1n) is 6.58. The fourth-order valence-electron chi connectivity index (χ4n) is 1.54. The average molecular weight is 299 g/mol. The monoisotopic (exact) mass is 299 g/mol. The summed E-state index contributed by atoms with van der Waals surface area (Å²) in [4.78, 5) is 11.7. The minimum Gasteiger partial charge on any atom is -0.355 e. The van der Waals surface area contributed by atoms with Crippen LogP contribution in [0.5, 0.6) is 0 Å². The van der Waals surface area contributed by atoms with E-state index in [4.69, 9.17) is 0 Å². The van der Waals surface area contributed by atoms with E-state index >= 15 is 0 Å². The predicted molar refractivity (Wildman–Crippen MR) is 77.8 cm³/mol. The number of hydrogen-bond acceptors (Lipinski definition) is 4. The van der Waals surface area contributed by atoms with Gasteiger partial charge in [-0.3, -0.25) is 4.79 Å². The van der Waals surface area contributed by atoms with Crippen LogP contribution in [0.25, 0.3) is 0 Å². The first kappa shape index (κ1) is 16.6. The number of carbonyl (C=O) groups is 1. The number of likely N-dealkylation sites (N-methyl/N-ethyl adjacent to an activating group) is 1. The Labute approximate surface area is 120 Å². The second kappa shape index (κ2) is 8.68. The Morgan fingerprint density at radius 1 is 1.10 bits per heavy atom. The Kier molecular flexibility index (Phi) is 7.21. The lowest BCUT2D eigenvalue weighted by Gasteiger charge is -2.07. The average Bonchev–Trinajstić information content (AvgIpc) is 2.44. The molecule has 0 aliphatic rings. The molecule has 0 saturated carbocycles. The van der Waals surface area contributed by atoms with Gasteiger partial charge >= 0.3 is 0 Å². The van der Waals surface area contributed by atoms with E-state index < -0.39 is 10.0 Å². The van der Waals surface area contributed by atoms with E-state index in [1.807, 2.05) is 6.92 Å². The minimum absolute atomic E-state index is 0.0876. The topological polar surface area (TPSA) is 87.3 Å². The zero-order valence-electron chi connectivity index (χ0n) is 11.6. The highest BCUT2D eigenvalue weighted by atomic mass is 32.2. The van der Waals surface area contributed by atoms with Crippen molar-refractivity contribution in [2.45, 2.75) is 18.2 Å². The first-order chi connectivity index (χ1) is 9.56. The van der Waals surface area contributed by atoms with E-state index in [1.165, 1.54) is 12.1 Å². The fourth-order valence-corrected chi connectivity index (χ4v) is 2.59. The summed E-state index contributed by atoms with van der Waals surface area (Å²) in [5.74, 6) is -0.168. The van der Waals surface area contributed by atoms with Gasteiger partial charge in [-0.1, -0.05) is 25.1 Å². The van der Waals surface area contributed by atoms with Crippen LogP contribution >= 0.6 is 0 Å². The number of amides is 1. The number of benzene rings is 1. The number of nitrogens with one attached hydrogen (secondary N) is 3. The van der Waals surface area contributed by atoms with Crippen molar-refractivity contribution in [1.29, 1.82) is 0 Å². The van der Waals surface area contributed by atoms with Gasteiger partial charge in [0.05, 0.1) is 4.90 Å². The lowest BCUT2D eigenvalue weighted by molar-refractivity contribution is -0.120. The molecule has 3 N–H and O–H groups in total. The number of rotatable bonds is 9. The standard InChI is InChI=1S/C13H21N3O3S/c1-2-14-10-11-15-13(17)8-9-16-20(18,19)12-6-4-3-5-7-12/h3-7,14,16H,2,8-11H2,1H3,(H,15,17). The molecule has 1 aromatic rings. The molecule has 0 bridgehead atoms. The fraction of sp³-hybridized carbons (Fsp3) is 0.462. The molecular weight excluding hydrogens is 278 g/mol. The third kappa shape index (κ3) is 6.14. The molecule has 0 fully saturated rings. The zero-order valence-corrected chi connectivity index (χ0v) is 12.4. The Morgan fingerprint density at radius 2 is 1.80 bits per heavy atom. The number of hydrogen-bond donors (Lipinski definition) is 3. The van der Waals surface area contributed by atoms with Crippen LogP contribution in [0.15, 0.2) is 35.2 Å². The van der Waals surface area contributed by atoms with E-state index in [0.717, 1.165) is 6.54 Å². The molecule has 6 nitrogen and oxygen atoms in total. The van der Waals surface area contributed by atoms with Gasteiger partial charge < -0.3 is 10.6 Å². The molecule has 0 aromatic heterocycles. The van der Waals surface area contributed by atoms with Gasteiger partial charge in [-0.05, 0) is 18.7 Å². The molecule has 0 aliphatic heterocycles. The van der Waals surface area contributed by atoms with Gasteiger partial charge in [0.25, 0.3) is 0 Å². The summed E-state index contributed by atoms with van der Waals surface area (Å²) < 4.78 is 26.1. The highest BCUT2D eigenvalue weighted by Gasteiger charge is 2.13. The van der Waals surface area contributed by atoms with E-state index in [2.05, 4.69) is 15.4 Å².